The molecule has 0 aliphatic carbocycles. The number of nitrogens with zero attached hydrogens (tertiary/aromatic N) is 5. The maximum Gasteiger partial charge on any atom is 0.235 e. The lowest BCUT2D eigenvalue weighted by Crippen LogP contribution is -2.43. The molecule has 0 spiro atoms. The van der Waals surface area contributed by atoms with Crippen LogP contribution in [0.4, 0.5) is 0 Å². The number of carbonyl (C=O) groups is 1. The van der Waals surface area contributed by atoms with Gasteiger partial charge in [-0.15, -0.1) is 0 Å². The van der Waals surface area contributed by atoms with Crippen molar-refractivity contribution in [2.75, 3.05) is 33.4 Å². The number of aliphatic hydroxyl groups excluding tert-OH is 1. The quantitative estimate of drug-likeness (QED) is 0.0766. The Morgan fingerprint density at radius 3 is 2.46 bits per heavy atom. The summed E-state index contributed by atoms with van der Waals surface area (Å²) in [5.41, 5.74) is 6.33. The maximum absolute atomic E-state index is 13.8. The van der Waals surface area contributed by atoms with Gasteiger partial charge in [0.05, 0.1) is 46.4 Å². The molecule has 12 heteroatoms. The van der Waals surface area contributed by atoms with Crippen molar-refractivity contribution in [3.05, 3.63) is 92.5 Å². The molecule has 4 aromatic rings. The number of aromatic nitrogens is 3. The Labute approximate surface area is 318 Å². The first kappa shape index (κ1) is 39.5. The van der Waals surface area contributed by atoms with Crippen molar-refractivity contribution >= 4 is 37.3 Å². The number of ether oxygens (including phenoxy) is 1. The Hall–Kier alpha value is -3.69. The van der Waals surface area contributed by atoms with Crippen molar-refractivity contribution in [3.8, 4) is 34.3 Å². The molecule has 1 N–H and O–H groups in total. The first-order valence-electron chi connectivity index (χ1n) is 17.7. The van der Waals surface area contributed by atoms with Gasteiger partial charge in [-0.1, -0.05) is 80.4 Å². The van der Waals surface area contributed by atoms with Gasteiger partial charge in [0.15, 0.2) is 14.1 Å². The maximum atomic E-state index is 13.8. The van der Waals surface area contributed by atoms with Crippen LogP contribution >= 0.6 is 23.2 Å². The van der Waals surface area contributed by atoms with Crippen LogP contribution in [0.5, 0.6) is 5.88 Å². The van der Waals surface area contributed by atoms with Crippen LogP contribution in [-0.2, 0) is 30.2 Å². The number of unbranched alkanes of at least 4 members (excludes halogenated alkanes) is 1. The number of halogens is 2. The van der Waals surface area contributed by atoms with Gasteiger partial charge in [-0.2, -0.15) is 5.26 Å². The number of aryl methyl sites for hydroxylation is 1. The van der Waals surface area contributed by atoms with Crippen molar-refractivity contribution in [1.29, 1.82) is 5.26 Å². The summed E-state index contributed by atoms with van der Waals surface area (Å²) in [5, 5.41) is 20.1. The number of fused-ring (bicyclic) bond motifs is 1. The van der Waals surface area contributed by atoms with Crippen molar-refractivity contribution in [2.45, 2.75) is 77.6 Å². The number of carbonyl (C=O) groups excluding carboxylic acids is 1. The molecule has 0 radical (unpaired) electrons. The summed E-state index contributed by atoms with van der Waals surface area (Å²) in [5.74, 6) is 0.187. The fraction of sp³-hybridized carbons (Fsp3) is 0.425. The van der Waals surface area contributed by atoms with E-state index in [0.29, 0.717) is 87.5 Å². The van der Waals surface area contributed by atoms with Crippen LogP contribution in [-0.4, -0.2) is 72.5 Å². The average Bonchev–Trinajstić information content (AvgIpc) is 3.11. The number of pyridine rings is 1. The zero-order chi connectivity index (χ0) is 37.6. The van der Waals surface area contributed by atoms with E-state index in [9.17, 15) is 10.1 Å². The molecule has 9 nitrogen and oxygen atoms in total. The molecule has 274 valence electrons. The average molecular weight is 761 g/mol. The minimum Gasteiger partial charge on any atom is -0.480 e. The third-order valence-electron chi connectivity index (χ3n) is 10.2. The Morgan fingerprint density at radius 1 is 1.06 bits per heavy atom. The number of methoxy groups -OCH3 is 1. The number of rotatable bonds is 14. The molecule has 0 unspecified atom stereocenters. The second kappa shape index (κ2) is 17.0. The molecule has 2 aromatic carbocycles. The largest absolute Gasteiger partial charge is 0.480 e. The van der Waals surface area contributed by atoms with Gasteiger partial charge in [0.25, 0.3) is 0 Å². The Morgan fingerprint density at radius 2 is 1.77 bits per heavy atom. The monoisotopic (exact) mass is 759 g/mol. The Bertz CT molecular complexity index is 1980. The van der Waals surface area contributed by atoms with E-state index in [2.05, 4.69) is 54.8 Å². The van der Waals surface area contributed by atoms with Crippen molar-refractivity contribution in [3.63, 3.8) is 0 Å². The van der Waals surface area contributed by atoms with Gasteiger partial charge in [-0.05, 0) is 61.0 Å². The van der Waals surface area contributed by atoms with Crippen molar-refractivity contribution < 1.29 is 19.1 Å². The summed E-state index contributed by atoms with van der Waals surface area (Å²) in [6, 6.07) is 15.1. The van der Waals surface area contributed by atoms with Crippen LogP contribution in [0.15, 0.2) is 48.7 Å². The molecule has 0 fully saturated rings. The highest BCUT2D eigenvalue weighted by Gasteiger charge is 2.37. The number of aliphatic hydroxyl groups is 1. The smallest absolute Gasteiger partial charge is 0.235 e. The Balaban J connectivity index is 1.35. The van der Waals surface area contributed by atoms with Gasteiger partial charge in [0.2, 0.25) is 5.88 Å². The predicted octanol–water partition coefficient (Wildman–Crippen LogP) is 8.51. The van der Waals surface area contributed by atoms with E-state index in [4.69, 9.17) is 42.5 Å². The lowest BCUT2D eigenvalue weighted by Gasteiger charge is -2.37. The molecule has 52 heavy (non-hydrogen) atoms. The fourth-order valence-corrected chi connectivity index (χ4v) is 7.72. The third kappa shape index (κ3) is 8.91. The van der Waals surface area contributed by atoms with E-state index in [0.717, 1.165) is 30.8 Å². The molecule has 1 aliphatic heterocycles. The molecule has 0 saturated heterocycles. The van der Waals surface area contributed by atoms with Crippen molar-refractivity contribution in [2.24, 2.45) is 0 Å². The zero-order valence-electron chi connectivity index (χ0n) is 30.9. The minimum absolute atomic E-state index is 0.00508. The minimum atomic E-state index is -1.86. The number of Topliss-reactive ketones (excluding diaryl/α,β-unsaturated/α-hetero) is 1. The van der Waals surface area contributed by atoms with E-state index in [-0.39, 0.29) is 29.5 Å². The lowest BCUT2D eigenvalue weighted by atomic mass is 9.95. The molecular formula is C40H47Cl2N5O4Si. The highest BCUT2D eigenvalue weighted by molar-refractivity contribution is 6.74. The molecule has 2 aromatic heterocycles. The summed E-state index contributed by atoms with van der Waals surface area (Å²) in [6.07, 6.45) is 4.44. The van der Waals surface area contributed by atoms with E-state index in [1.165, 1.54) is 0 Å². The molecule has 0 bridgehead atoms. The van der Waals surface area contributed by atoms with E-state index < -0.39 is 8.32 Å². The van der Waals surface area contributed by atoms with Gasteiger partial charge in [-0.3, -0.25) is 14.7 Å². The van der Waals surface area contributed by atoms with Gasteiger partial charge < -0.3 is 14.3 Å². The second-order valence-electron chi connectivity index (χ2n) is 14.7. The molecule has 0 amide bonds. The lowest BCUT2D eigenvalue weighted by molar-refractivity contribution is 0.0987. The summed E-state index contributed by atoms with van der Waals surface area (Å²) < 4.78 is 11.9. The van der Waals surface area contributed by atoms with Crippen LogP contribution in [0.1, 0.15) is 72.2 Å². The topological polar surface area (TPSA) is 121 Å². The van der Waals surface area contributed by atoms with Crippen LogP contribution in [0, 0.1) is 11.3 Å². The third-order valence-corrected chi connectivity index (χ3v) is 15.6. The van der Waals surface area contributed by atoms with Gasteiger partial charge in [0, 0.05) is 56.0 Å². The number of hydrogen-bond donors (Lipinski definition) is 1. The first-order valence-corrected chi connectivity index (χ1v) is 21.3. The number of nitriles is 1. The SMILES string of the molecule is COc1nc(-c2cccc(-c3cccc(CC(=O)c4cc(C#N)c5c(n4)CN(CCO[Si](C)(C)C(C)(C)C)CC5)c3Cl)c2Cl)cnc1CCCCO. The summed E-state index contributed by atoms with van der Waals surface area (Å²) in [6.45, 7) is 14.1. The first-order chi connectivity index (χ1) is 24.8. The highest BCUT2D eigenvalue weighted by atomic mass is 35.5. The van der Waals surface area contributed by atoms with Crippen LogP contribution < -0.4 is 4.74 Å². The zero-order valence-corrected chi connectivity index (χ0v) is 33.4. The molecule has 5 rings (SSSR count). The Kier molecular flexibility index (Phi) is 12.9. The highest BCUT2D eigenvalue weighted by Crippen LogP contribution is 2.40. The van der Waals surface area contributed by atoms with E-state index >= 15 is 0 Å². The van der Waals surface area contributed by atoms with Gasteiger partial charge in [0.1, 0.15) is 11.4 Å². The van der Waals surface area contributed by atoms with Gasteiger partial charge in [-0.25, -0.2) is 9.97 Å². The van der Waals surface area contributed by atoms with Gasteiger partial charge >= 0.3 is 0 Å². The van der Waals surface area contributed by atoms with E-state index in [1.807, 2.05) is 36.4 Å². The van der Waals surface area contributed by atoms with Crippen molar-refractivity contribution in [1.82, 2.24) is 19.9 Å². The normalized spacial score (nSPS) is 13.5. The molecule has 0 saturated carbocycles. The number of benzene rings is 2. The standard InChI is InChI=1S/C40H47Cl2N5O4Si/c1-40(2,3)52(5,6)51-20-18-47-17-16-28-27(23-43)21-33(45-35(28)25-47)36(49)22-26-11-9-12-29(37(26)41)30-13-10-14-31(38(30)42)34-24-44-32(15-7-8-19-48)39(46-34)50-4/h9-14,21,24,48H,7-8,15-20,22,25H2,1-6H3. The number of ketones is 1. The molecule has 0 atom stereocenters. The fourth-order valence-electron chi connectivity index (χ4n) is 6.07. The summed E-state index contributed by atoms with van der Waals surface area (Å²) >= 11 is 14.0. The van der Waals surface area contributed by atoms with Crippen LogP contribution in [0.2, 0.25) is 28.2 Å². The second-order valence-corrected chi connectivity index (χ2v) is 20.2. The predicted molar refractivity (Wildman–Crippen MR) is 209 cm³/mol. The van der Waals surface area contributed by atoms with Crippen LogP contribution in [0.25, 0.3) is 22.4 Å². The summed E-state index contributed by atoms with van der Waals surface area (Å²) in [4.78, 5) is 30.1. The molecule has 1 aliphatic rings. The van der Waals surface area contributed by atoms with E-state index in [1.54, 1.807) is 19.4 Å². The van der Waals surface area contributed by atoms with Crippen LogP contribution in [0.3, 0.4) is 0 Å². The number of hydrogen-bond acceptors (Lipinski definition) is 9. The molecule has 3 heterocycles. The molecular weight excluding hydrogens is 713 g/mol. The summed E-state index contributed by atoms with van der Waals surface area (Å²) in [7, 11) is -0.312.